The van der Waals surface area contributed by atoms with E-state index in [1.165, 1.54) is 17.5 Å². The van der Waals surface area contributed by atoms with E-state index in [2.05, 4.69) is 55.3 Å². The van der Waals surface area contributed by atoms with Crippen LogP contribution in [-0.4, -0.2) is 44.2 Å². The van der Waals surface area contributed by atoms with Gasteiger partial charge in [0.2, 0.25) is 5.82 Å². The minimum absolute atomic E-state index is 0.0351. The first kappa shape index (κ1) is 19.7. The van der Waals surface area contributed by atoms with Crippen molar-refractivity contribution >= 4 is 5.91 Å². The molecule has 1 saturated heterocycles. The van der Waals surface area contributed by atoms with Crippen LogP contribution in [-0.2, 0) is 24.9 Å². The molecule has 1 saturated carbocycles. The molecule has 0 bridgehead atoms. The van der Waals surface area contributed by atoms with Crippen LogP contribution in [0, 0.1) is 0 Å². The number of carbonyl (C=O) groups excluding carboxylic acids is 1. The van der Waals surface area contributed by atoms with Crippen molar-refractivity contribution in [3.63, 3.8) is 0 Å². The third kappa shape index (κ3) is 3.26. The fraction of sp³-hybridized carbons (Fsp3) is 0.480. The molecule has 6 rings (SSSR count). The molecule has 1 aromatic carbocycles. The Labute approximate surface area is 187 Å². The van der Waals surface area contributed by atoms with Crippen LogP contribution in [0.25, 0.3) is 0 Å². The van der Waals surface area contributed by atoms with Crippen LogP contribution >= 0.6 is 0 Å². The highest BCUT2D eigenvalue weighted by Crippen LogP contribution is 2.46. The average molecular weight is 432 g/mol. The summed E-state index contributed by atoms with van der Waals surface area (Å²) in [5.74, 6) is 1.31. The largest absolute Gasteiger partial charge is 0.472 e. The van der Waals surface area contributed by atoms with E-state index in [9.17, 15) is 4.79 Å². The van der Waals surface area contributed by atoms with Crippen LogP contribution in [0.4, 0.5) is 0 Å². The van der Waals surface area contributed by atoms with Gasteiger partial charge in [-0.25, -0.2) is 0 Å². The van der Waals surface area contributed by atoms with Gasteiger partial charge in [-0.2, -0.15) is 0 Å². The molecule has 7 heteroatoms. The third-order valence-corrected chi connectivity index (χ3v) is 7.86. The molecule has 166 valence electrons. The molecule has 1 amide bonds. The highest BCUT2D eigenvalue weighted by atomic mass is 16.3. The van der Waals surface area contributed by atoms with Crippen LogP contribution in [0.15, 0.2) is 53.3 Å². The van der Waals surface area contributed by atoms with Crippen molar-refractivity contribution in [1.82, 2.24) is 25.0 Å². The molecule has 3 aliphatic rings. The van der Waals surface area contributed by atoms with Gasteiger partial charge in [-0.1, -0.05) is 30.3 Å². The van der Waals surface area contributed by atoms with Crippen molar-refractivity contribution in [2.24, 2.45) is 0 Å². The zero-order valence-electron chi connectivity index (χ0n) is 18.2. The van der Waals surface area contributed by atoms with E-state index in [0.717, 1.165) is 57.6 Å². The number of aromatic nitrogens is 3. The van der Waals surface area contributed by atoms with Crippen LogP contribution < -0.4 is 5.32 Å². The number of likely N-dealkylation sites (tertiary alicyclic amines) is 1. The Morgan fingerprint density at radius 3 is 2.78 bits per heavy atom. The number of benzene rings is 1. The van der Waals surface area contributed by atoms with E-state index in [0.29, 0.717) is 5.82 Å². The quantitative estimate of drug-likeness (QED) is 0.671. The molecule has 1 N–H and O–H groups in total. The van der Waals surface area contributed by atoms with Crippen LogP contribution in [0.1, 0.15) is 59.7 Å². The summed E-state index contributed by atoms with van der Waals surface area (Å²) in [4.78, 5) is 15.6. The summed E-state index contributed by atoms with van der Waals surface area (Å²) >= 11 is 0. The average Bonchev–Trinajstić information content (AvgIpc) is 3.50. The van der Waals surface area contributed by atoms with Gasteiger partial charge in [0.05, 0.1) is 12.5 Å². The van der Waals surface area contributed by atoms with E-state index in [-0.39, 0.29) is 23.4 Å². The number of rotatable bonds is 5. The SMILES string of the molecule is O=C(NC1CCC1)c1nnc2n1C[C@H]1N(Cc3ccoc3)CC[C@]1(c1ccccc1)CC2. The highest BCUT2D eigenvalue weighted by molar-refractivity contribution is 5.91. The topological polar surface area (TPSA) is 76.2 Å². The summed E-state index contributed by atoms with van der Waals surface area (Å²) in [5, 5.41) is 11.9. The van der Waals surface area contributed by atoms with Gasteiger partial charge in [-0.3, -0.25) is 9.69 Å². The molecule has 32 heavy (non-hydrogen) atoms. The second kappa shape index (κ2) is 7.89. The Morgan fingerprint density at radius 1 is 1.16 bits per heavy atom. The van der Waals surface area contributed by atoms with Crippen molar-refractivity contribution in [2.75, 3.05) is 6.54 Å². The number of nitrogens with zero attached hydrogens (tertiary/aromatic N) is 4. The summed E-state index contributed by atoms with van der Waals surface area (Å²) in [5.41, 5.74) is 2.61. The lowest BCUT2D eigenvalue weighted by atomic mass is 9.71. The molecule has 3 aromatic rings. The zero-order valence-corrected chi connectivity index (χ0v) is 18.2. The molecular weight excluding hydrogens is 402 g/mol. The maximum absolute atomic E-state index is 13.0. The Morgan fingerprint density at radius 2 is 2.03 bits per heavy atom. The fourth-order valence-electron chi connectivity index (χ4n) is 5.84. The number of carbonyl (C=O) groups is 1. The molecule has 7 nitrogen and oxygen atoms in total. The first-order chi connectivity index (χ1) is 15.7. The van der Waals surface area contributed by atoms with Gasteiger partial charge in [-0.05, 0) is 50.3 Å². The van der Waals surface area contributed by atoms with Crippen molar-refractivity contribution in [1.29, 1.82) is 0 Å². The van der Waals surface area contributed by atoms with E-state index in [1.54, 1.807) is 6.26 Å². The predicted octanol–water partition coefficient (Wildman–Crippen LogP) is 3.31. The number of fused-ring (bicyclic) bond motifs is 2. The first-order valence-electron chi connectivity index (χ1n) is 11.8. The lowest BCUT2D eigenvalue weighted by Crippen LogP contribution is -2.45. The molecule has 1 aliphatic carbocycles. The summed E-state index contributed by atoms with van der Waals surface area (Å²) in [7, 11) is 0. The number of furan rings is 1. The number of hydrogen-bond donors (Lipinski definition) is 1. The van der Waals surface area contributed by atoms with Gasteiger partial charge in [0.15, 0.2) is 0 Å². The normalized spacial score (nSPS) is 25.6. The molecule has 4 heterocycles. The highest BCUT2D eigenvalue weighted by Gasteiger charge is 2.50. The molecule has 2 atom stereocenters. The lowest BCUT2D eigenvalue weighted by molar-refractivity contribution is 0.0897. The first-order valence-corrected chi connectivity index (χ1v) is 11.8. The molecule has 0 spiro atoms. The van der Waals surface area contributed by atoms with Gasteiger partial charge in [-0.15, -0.1) is 10.2 Å². The van der Waals surface area contributed by atoms with Gasteiger partial charge < -0.3 is 14.3 Å². The van der Waals surface area contributed by atoms with Gasteiger partial charge in [0, 0.05) is 42.6 Å². The minimum atomic E-state index is -0.0833. The molecule has 2 aromatic heterocycles. The summed E-state index contributed by atoms with van der Waals surface area (Å²) < 4.78 is 7.43. The second-order valence-electron chi connectivity index (χ2n) is 9.54. The summed E-state index contributed by atoms with van der Waals surface area (Å²) in [6, 6.07) is 13.5. The number of aryl methyl sites for hydroxylation is 1. The lowest BCUT2D eigenvalue weighted by Gasteiger charge is -2.37. The molecule has 0 unspecified atom stereocenters. The third-order valence-electron chi connectivity index (χ3n) is 7.86. The summed E-state index contributed by atoms with van der Waals surface area (Å²) in [6.45, 7) is 2.59. The van der Waals surface area contributed by atoms with E-state index in [1.807, 2.05) is 12.3 Å². The maximum Gasteiger partial charge on any atom is 0.289 e. The van der Waals surface area contributed by atoms with E-state index in [4.69, 9.17) is 4.42 Å². The van der Waals surface area contributed by atoms with E-state index >= 15 is 0 Å². The molecule has 0 radical (unpaired) electrons. The predicted molar refractivity (Wildman–Crippen MR) is 119 cm³/mol. The number of nitrogens with one attached hydrogen (secondary N) is 1. The monoisotopic (exact) mass is 431 g/mol. The zero-order chi connectivity index (χ0) is 21.5. The summed E-state index contributed by atoms with van der Waals surface area (Å²) in [6.07, 6.45) is 9.82. The number of hydrogen-bond acceptors (Lipinski definition) is 5. The van der Waals surface area contributed by atoms with Gasteiger partial charge in [0.25, 0.3) is 5.91 Å². The Hall–Kier alpha value is -2.93. The van der Waals surface area contributed by atoms with Gasteiger partial charge in [0.1, 0.15) is 5.82 Å². The second-order valence-corrected chi connectivity index (χ2v) is 9.54. The van der Waals surface area contributed by atoms with Crippen LogP contribution in [0.2, 0.25) is 0 Å². The van der Waals surface area contributed by atoms with Crippen molar-refractivity contribution in [2.45, 2.75) is 69.1 Å². The van der Waals surface area contributed by atoms with E-state index < -0.39 is 0 Å². The Balaban J connectivity index is 1.36. The Bertz CT molecular complexity index is 1090. The maximum atomic E-state index is 13.0. The standard InChI is InChI=1S/C25H29N5O2/c31-24(26-20-7-4-8-20)23-28-27-22-9-11-25(19-5-2-1-3-6-19)12-13-29(21(25)16-30(22)23)15-18-10-14-32-17-18/h1-3,5-6,10,14,17,20-21H,4,7-9,11-13,15-16H2,(H,26,31)/t21-,25+/m1/s1. The number of amides is 1. The van der Waals surface area contributed by atoms with Gasteiger partial charge >= 0.3 is 0 Å². The van der Waals surface area contributed by atoms with Crippen LogP contribution in [0.5, 0.6) is 0 Å². The fourth-order valence-corrected chi connectivity index (χ4v) is 5.84. The minimum Gasteiger partial charge on any atom is -0.472 e. The Kier molecular flexibility index (Phi) is 4.86. The van der Waals surface area contributed by atoms with Crippen molar-refractivity contribution in [3.8, 4) is 0 Å². The molecule has 2 aliphatic heterocycles. The van der Waals surface area contributed by atoms with Crippen LogP contribution in [0.3, 0.4) is 0 Å². The van der Waals surface area contributed by atoms with Crippen molar-refractivity contribution < 1.29 is 9.21 Å². The smallest absolute Gasteiger partial charge is 0.289 e. The molecule has 2 fully saturated rings. The molecular formula is C25H29N5O2. The van der Waals surface area contributed by atoms with Crippen molar-refractivity contribution in [3.05, 3.63) is 71.7 Å².